The molecule has 0 radical (unpaired) electrons. The van der Waals surface area contributed by atoms with Crippen molar-refractivity contribution in [2.45, 2.75) is 33.2 Å². The van der Waals surface area contributed by atoms with Gasteiger partial charge in [0.25, 0.3) is 5.78 Å². The Hall–Kier alpha value is -2.59. The van der Waals surface area contributed by atoms with Gasteiger partial charge >= 0.3 is 0 Å². The van der Waals surface area contributed by atoms with Crippen LogP contribution in [0.1, 0.15) is 51.9 Å². The Bertz CT molecular complexity index is 845. The zero-order valence-electron chi connectivity index (χ0n) is 14.8. The number of ketones is 1. The van der Waals surface area contributed by atoms with E-state index in [1.807, 2.05) is 45.0 Å². The van der Waals surface area contributed by atoms with E-state index in [0.717, 1.165) is 24.3 Å². The first-order valence-corrected chi connectivity index (χ1v) is 8.53. The molecule has 2 heterocycles. The normalized spacial score (nSPS) is 12.3. The summed E-state index contributed by atoms with van der Waals surface area (Å²) >= 11 is 0. The number of hydrogen-bond acceptors (Lipinski definition) is 4. The highest BCUT2D eigenvalue weighted by molar-refractivity contribution is 6.06. The van der Waals surface area contributed by atoms with Crippen LogP contribution in [0.25, 0.3) is 0 Å². The highest BCUT2D eigenvalue weighted by Gasteiger charge is 2.24. The van der Waals surface area contributed by atoms with Crippen LogP contribution in [0.3, 0.4) is 0 Å². The molecule has 0 aliphatic carbocycles. The van der Waals surface area contributed by atoms with Gasteiger partial charge in [0, 0.05) is 11.6 Å². The quantitative estimate of drug-likeness (QED) is 0.640. The summed E-state index contributed by atoms with van der Waals surface area (Å²) in [6.07, 6.45) is 0.933. The maximum absolute atomic E-state index is 12.7. The van der Waals surface area contributed by atoms with Crippen LogP contribution in [0.5, 0.6) is 0 Å². The molecular formula is C21H23NO3. The lowest BCUT2D eigenvalue weighted by Crippen LogP contribution is -2.22. The predicted octanol–water partition coefficient (Wildman–Crippen LogP) is 4.61. The van der Waals surface area contributed by atoms with Gasteiger partial charge < -0.3 is 14.2 Å². The molecule has 0 saturated carbocycles. The predicted molar refractivity (Wildman–Crippen MR) is 96.9 cm³/mol. The van der Waals surface area contributed by atoms with E-state index in [1.54, 1.807) is 12.1 Å². The van der Waals surface area contributed by atoms with Crippen LogP contribution >= 0.6 is 0 Å². The molecule has 3 aromatic rings. The van der Waals surface area contributed by atoms with Gasteiger partial charge in [0.2, 0.25) is 0 Å². The molecule has 1 atom stereocenters. The minimum atomic E-state index is -0.215. The largest absolute Gasteiger partial charge is 0.458 e. The second kappa shape index (κ2) is 7.53. The summed E-state index contributed by atoms with van der Waals surface area (Å²) in [5, 5.41) is 3.47. The number of nitrogens with one attached hydrogen (secondary N) is 1. The van der Waals surface area contributed by atoms with E-state index >= 15 is 0 Å². The van der Waals surface area contributed by atoms with Crippen molar-refractivity contribution in [3.63, 3.8) is 0 Å². The van der Waals surface area contributed by atoms with Gasteiger partial charge in [-0.3, -0.25) is 4.79 Å². The number of aryl methyl sites for hydroxylation is 2. The fraction of sp³-hybridized carbons (Fsp3) is 0.286. The van der Waals surface area contributed by atoms with Crippen molar-refractivity contribution >= 4 is 5.78 Å². The van der Waals surface area contributed by atoms with E-state index in [-0.39, 0.29) is 11.8 Å². The number of benzene rings is 1. The van der Waals surface area contributed by atoms with Gasteiger partial charge in [0.1, 0.15) is 11.5 Å². The molecule has 1 unspecified atom stereocenters. The SMILES string of the molecule is Cc1ccc(C(=O)c2oc(C)cc2C(C)NCCc2ccccc2)o1. The molecule has 0 aliphatic rings. The van der Waals surface area contributed by atoms with Crippen LogP contribution in [-0.2, 0) is 6.42 Å². The summed E-state index contributed by atoms with van der Waals surface area (Å²) in [6.45, 7) is 6.53. The van der Waals surface area contributed by atoms with Crippen molar-refractivity contribution in [3.8, 4) is 0 Å². The van der Waals surface area contributed by atoms with Crippen molar-refractivity contribution < 1.29 is 13.6 Å². The van der Waals surface area contributed by atoms with E-state index in [9.17, 15) is 4.79 Å². The first-order valence-electron chi connectivity index (χ1n) is 8.53. The minimum Gasteiger partial charge on any atom is -0.458 e. The molecule has 0 amide bonds. The van der Waals surface area contributed by atoms with Crippen LogP contribution in [-0.4, -0.2) is 12.3 Å². The van der Waals surface area contributed by atoms with Gasteiger partial charge in [-0.2, -0.15) is 0 Å². The van der Waals surface area contributed by atoms with Crippen molar-refractivity contribution in [3.05, 3.63) is 82.7 Å². The Morgan fingerprint density at radius 3 is 2.48 bits per heavy atom. The maximum atomic E-state index is 12.7. The van der Waals surface area contributed by atoms with Crippen LogP contribution < -0.4 is 5.32 Å². The van der Waals surface area contributed by atoms with Crippen LogP contribution in [0, 0.1) is 13.8 Å². The van der Waals surface area contributed by atoms with Crippen LogP contribution in [0.4, 0.5) is 0 Å². The second-order valence-corrected chi connectivity index (χ2v) is 6.29. The second-order valence-electron chi connectivity index (χ2n) is 6.29. The molecule has 4 heteroatoms. The lowest BCUT2D eigenvalue weighted by molar-refractivity contribution is 0.0978. The van der Waals surface area contributed by atoms with Crippen molar-refractivity contribution in [1.82, 2.24) is 5.32 Å². The zero-order chi connectivity index (χ0) is 17.8. The van der Waals surface area contributed by atoms with Gasteiger partial charge in [0.05, 0.1) is 0 Å². The van der Waals surface area contributed by atoms with E-state index < -0.39 is 0 Å². The lowest BCUT2D eigenvalue weighted by Gasteiger charge is -2.13. The molecule has 0 bridgehead atoms. The third-order valence-corrected chi connectivity index (χ3v) is 4.23. The Balaban J connectivity index is 1.70. The molecule has 130 valence electrons. The Morgan fingerprint density at radius 2 is 1.80 bits per heavy atom. The summed E-state index contributed by atoms with van der Waals surface area (Å²) < 4.78 is 11.1. The molecule has 4 nitrogen and oxygen atoms in total. The lowest BCUT2D eigenvalue weighted by atomic mass is 10.0. The number of furan rings is 2. The van der Waals surface area contributed by atoms with Crippen LogP contribution in [0.15, 0.2) is 57.4 Å². The minimum absolute atomic E-state index is 0.0103. The summed E-state index contributed by atoms with van der Waals surface area (Å²) in [4.78, 5) is 12.7. The summed E-state index contributed by atoms with van der Waals surface area (Å²) in [5.41, 5.74) is 2.15. The molecule has 0 saturated heterocycles. The summed E-state index contributed by atoms with van der Waals surface area (Å²) in [5.74, 6) is 1.88. The standard InChI is InChI=1S/C21H23NO3/c1-14-9-10-19(24-14)20(23)21-18(13-15(2)25-21)16(3)22-12-11-17-7-5-4-6-8-17/h4-10,13,16,22H,11-12H2,1-3H3. The molecule has 0 spiro atoms. The Kier molecular flexibility index (Phi) is 5.19. The number of rotatable bonds is 7. The molecule has 0 aliphatic heterocycles. The molecule has 0 fully saturated rings. The topological polar surface area (TPSA) is 55.4 Å². The monoisotopic (exact) mass is 337 g/mol. The molecule has 3 rings (SSSR count). The first kappa shape index (κ1) is 17.2. The third-order valence-electron chi connectivity index (χ3n) is 4.23. The molecule has 25 heavy (non-hydrogen) atoms. The summed E-state index contributed by atoms with van der Waals surface area (Å²) in [7, 11) is 0. The molecule has 1 N–H and O–H groups in total. The van der Waals surface area contributed by atoms with Crippen molar-refractivity contribution in [2.75, 3.05) is 6.54 Å². The van der Waals surface area contributed by atoms with Gasteiger partial charge in [-0.25, -0.2) is 0 Å². The van der Waals surface area contributed by atoms with Crippen LogP contribution in [0.2, 0.25) is 0 Å². The Morgan fingerprint density at radius 1 is 1.04 bits per heavy atom. The fourth-order valence-corrected chi connectivity index (χ4v) is 2.89. The molecule has 1 aromatic carbocycles. The number of carbonyl (C=O) groups is 1. The van der Waals surface area contributed by atoms with E-state index in [2.05, 4.69) is 17.4 Å². The van der Waals surface area contributed by atoms with E-state index in [0.29, 0.717) is 17.3 Å². The van der Waals surface area contributed by atoms with E-state index in [4.69, 9.17) is 8.83 Å². The Labute approximate surface area is 147 Å². The average Bonchev–Trinajstić information content (AvgIpc) is 3.21. The highest BCUT2D eigenvalue weighted by Crippen LogP contribution is 2.25. The number of carbonyl (C=O) groups excluding carboxylic acids is 1. The molecular weight excluding hydrogens is 314 g/mol. The smallest absolute Gasteiger partial charge is 0.263 e. The zero-order valence-corrected chi connectivity index (χ0v) is 14.8. The average molecular weight is 337 g/mol. The van der Waals surface area contributed by atoms with Gasteiger partial charge in [-0.15, -0.1) is 0 Å². The highest BCUT2D eigenvalue weighted by atomic mass is 16.4. The fourth-order valence-electron chi connectivity index (χ4n) is 2.89. The summed E-state index contributed by atoms with van der Waals surface area (Å²) in [6, 6.07) is 15.7. The van der Waals surface area contributed by atoms with Crippen molar-refractivity contribution in [1.29, 1.82) is 0 Å². The molecule has 2 aromatic heterocycles. The number of hydrogen-bond donors (Lipinski definition) is 1. The van der Waals surface area contributed by atoms with Gasteiger partial charge in [-0.1, -0.05) is 30.3 Å². The maximum Gasteiger partial charge on any atom is 0.263 e. The first-order chi connectivity index (χ1) is 12.0. The van der Waals surface area contributed by atoms with Gasteiger partial charge in [0.15, 0.2) is 11.5 Å². The third kappa shape index (κ3) is 4.09. The van der Waals surface area contributed by atoms with E-state index in [1.165, 1.54) is 5.56 Å². The van der Waals surface area contributed by atoms with Gasteiger partial charge in [-0.05, 0) is 57.5 Å². The van der Waals surface area contributed by atoms with Crippen molar-refractivity contribution in [2.24, 2.45) is 0 Å².